The van der Waals surface area contributed by atoms with Crippen molar-refractivity contribution in [3.05, 3.63) is 0 Å². The van der Waals surface area contributed by atoms with E-state index in [1.54, 1.807) is 11.8 Å². The van der Waals surface area contributed by atoms with Crippen LogP contribution in [0.25, 0.3) is 0 Å². The second-order valence-corrected chi connectivity index (χ2v) is 8.79. The SMILES string of the molecule is CC(=O)N1CCCCC1CCS(=O)(=O)N1C[C@@H](C)[C@H](C(=O)O)C1. The predicted octanol–water partition coefficient (Wildman–Crippen LogP) is 0.760. The zero-order valence-corrected chi connectivity index (χ0v) is 14.6. The van der Waals surface area contributed by atoms with Gasteiger partial charge in [-0.15, -0.1) is 0 Å². The maximum Gasteiger partial charge on any atom is 0.308 e. The summed E-state index contributed by atoms with van der Waals surface area (Å²) in [7, 11) is -3.48. The number of aliphatic carboxylic acids is 1. The molecular formula is C15H26N2O5S. The molecule has 8 heteroatoms. The van der Waals surface area contributed by atoms with Crippen molar-refractivity contribution in [3.63, 3.8) is 0 Å². The Kier molecular flexibility index (Phi) is 5.67. The summed E-state index contributed by atoms with van der Waals surface area (Å²) in [4.78, 5) is 24.6. The molecule has 0 saturated carbocycles. The van der Waals surface area contributed by atoms with Gasteiger partial charge in [-0.1, -0.05) is 6.92 Å². The summed E-state index contributed by atoms with van der Waals surface area (Å²) in [5.74, 6) is -1.78. The van der Waals surface area contributed by atoms with Gasteiger partial charge in [0, 0.05) is 32.6 Å². The van der Waals surface area contributed by atoms with E-state index in [1.165, 1.54) is 11.2 Å². The van der Waals surface area contributed by atoms with Gasteiger partial charge in [-0.2, -0.15) is 0 Å². The molecule has 0 spiro atoms. The number of carboxylic acids is 1. The number of likely N-dealkylation sites (tertiary alicyclic amines) is 1. The maximum absolute atomic E-state index is 12.5. The van der Waals surface area contributed by atoms with Crippen LogP contribution >= 0.6 is 0 Å². The molecule has 2 rings (SSSR count). The molecule has 0 radical (unpaired) electrons. The van der Waals surface area contributed by atoms with Gasteiger partial charge >= 0.3 is 5.97 Å². The van der Waals surface area contributed by atoms with Crippen LogP contribution in [0.5, 0.6) is 0 Å². The largest absolute Gasteiger partial charge is 0.481 e. The Morgan fingerprint density at radius 3 is 2.48 bits per heavy atom. The first kappa shape index (κ1) is 18.2. The van der Waals surface area contributed by atoms with Crippen LogP contribution in [0, 0.1) is 11.8 Å². The summed E-state index contributed by atoms with van der Waals surface area (Å²) in [5.41, 5.74) is 0. The molecule has 1 N–H and O–H groups in total. The average molecular weight is 346 g/mol. The van der Waals surface area contributed by atoms with Crippen LogP contribution in [0.15, 0.2) is 0 Å². The standard InChI is InChI=1S/C15H26N2O5S/c1-11-9-16(10-14(11)15(19)20)23(21,22)8-6-13-5-3-4-7-17(13)12(2)18/h11,13-14H,3-10H2,1-2H3,(H,19,20)/t11-,13?,14-/m1/s1. The molecule has 2 heterocycles. The van der Waals surface area contributed by atoms with E-state index in [1.807, 2.05) is 0 Å². The fourth-order valence-corrected chi connectivity index (χ4v) is 5.28. The fraction of sp³-hybridized carbons (Fsp3) is 0.867. The number of nitrogens with zero attached hydrogens (tertiary/aromatic N) is 2. The minimum Gasteiger partial charge on any atom is -0.481 e. The topological polar surface area (TPSA) is 95.0 Å². The maximum atomic E-state index is 12.5. The zero-order chi connectivity index (χ0) is 17.2. The molecule has 3 atom stereocenters. The van der Waals surface area contributed by atoms with Crippen LogP contribution in [-0.4, -0.2) is 66.0 Å². The molecule has 7 nitrogen and oxygen atoms in total. The smallest absolute Gasteiger partial charge is 0.308 e. The molecule has 2 fully saturated rings. The van der Waals surface area contributed by atoms with E-state index in [0.717, 1.165) is 19.3 Å². The Balaban J connectivity index is 1.96. The molecule has 0 aromatic heterocycles. The highest BCUT2D eigenvalue weighted by Gasteiger charge is 2.40. The molecule has 2 aliphatic rings. The Morgan fingerprint density at radius 2 is 1.91 bits per heavy atom. The van der Waals surface area contributed by atoms with Crippen molar-refractivity contribution in [2.45, 2.75) is 45.6 Å². The second kappa shape index (κ2) is 7.17. The Labute approximate surface area is 137 Å². The molecule has 132 valence electrons. The van der Waals surface area contributed by atoms with Gasteiger partial charge in [0.25, 0.3) is 0 Å². The summed E-state index contributed by atoms with van der Waals surface area (Å²) in [6.07, 6.45) is 3.23. The Morgan fingerprint density at radius 1 is 1.22 bits per heavy atom. The van der Waals surface area contributed by atoms with Crippen molar-refractivity contribution in [3.8, 4) is 0 Å². The molecule has 0 aromatic rings. The number of amides is 1. The summed E-state index contributed by atoms with van der Waals surface area (Å²) < 4.78 is 26.3. The number of hydrogen-bond acceptors (Lipinski definition) is 4. The minimum atomic E-state index is -3.48. The van der Waals surface area contributed by atoms with Crippen LogP contribution in [-0.2, 0) is 19.6 Å². The number of hydrogen-bond donors (Lipinski definition) is 1. The van der Waals surface area contributed by atoms with E-state index in [4.69, 9.17) is 5.11 Å². The summed E-state index contributed by atoms with van der Waals surface area (Å²) in [6, 6.07) is -0.0219. The average Bonchev–Trinajstić information content (AvgIpc) is 2.88. The third kappa shape index (κ3) is 4.23. The number of sulfonamides is 1. The van der Waals surface area contributed by atoms with Crippen molar-refractivity contribution in [1.82, 2.24) is 9.21 Å². The van der Waals surface area contributed by atoms with Crippen molar-refractivity contribution in [2.24, 2.45) is 11.8 Å². The summed E-state index contributed by atoms with van der Waals surface area (Å²) in [5, 5.41) is 9.13. The zero-order valence-electron chi connectivity index (χ0n) is 13.8. The van der Waals surface area contributed by atoms with E-state index in [2.05, 4.69) is 0 Å². The van der Waals surface area contributed by atoms with Crippen LogP contribution in [0.2, 0.25) is 0 Å². The highest BCUT2D eigenvalue weighted by Crippen LogP contribution is 2.27. The van der Waals surface area contributed by atoms with E-state index in [9.17, 15) is 18.0 Å². The highest BCUT2D eigenvalue weighted by atomic mass is 32.2. The molecule has 1 amide bonds. The van der Waals surface area contributed by atoms with Gasteiger partial charge in [-0.05, 0) is 31.6 Å². The van der Waals surface area contributed by atoms with Gasteiger partial charge < -0.3 is 10.0 Å². The lowest BCUT2D eigenvalue weighted by molar-refractivity contribution is -0.142. The van der Waals surface area contributed by atoms with Gasteiger partial charge in [0.05, 0.1) is 11.7 Å². The van der Waals surface area contributed by atoms with E-state index >= 15 is 0 Å². The number of carboxylic acid groups (broad SMARTS) is 1. The van der Waals surface area contributed by atoms with Gasteiger partial charge in [0.1, 0.15) is 0 Å². The van der Waals surface area contributed by atoms with Gasteiger partial charge in [0.15, 0.2) is 0 Å². The highest BCUT2D eigenvalue weighted by molar-refractivity contribution is 7.89. The third-order valence-corrected chi connectivity index (χ3v) is 6.87. The normalized spacial score (nSPS) is 29.7. The van der Waals surface area contributed by atoms with E-state index in [-0.39, 0.29) is 36.7 Å². The molecule has 23 heavy (non-hydrogen) atoms. The van der Waals surface area contributed by atoms with Crippen molar-refractivity contribution in [2.75, 3.05) is 25.4 Å². The summed E-state index contributed by atoms with van der Waals surface area (Å²) >= 11 is 0. The lowest BCUT2D eigenvalue weighted by atomic mass is 9.99. The minimum absolute atomic E-state index is 0.00664. The van der Waals surface area contributed by atoms with Gasteiger partial charge in [-0.25, -0.2) is 12.7 Å². The quantitative estimate of drug-likeness (QED) is 0.793. The van der Waals surface area contributed by atoms with Gasteiger partial charge in [0.2, 0.25) is 15.9 Å². The van der Waals surface area contributed by atoms with E-state index < -0.39 is 21.9 Å². The molecule has 1 unspecified atom stereocenters. The number of carbonyl (C=O) groups excluding carboxylic acids is 1. The number of rotatable bonds is 5. The van der Waals surface area contributed by atoms with Crippen LogP contribution in [0.1, 0.15) is 39.5 Å². The van der Waals surface area contributed by atoms with Crippen LogP contribution in [0.3, 0.4) is 0 Å². The Hall–Kier alpha value is -1.15. The monoisotopic (exact) mass is 346 g/mol. The van der Waals surface area contributed by atoms with Gasteiger partial charge in [-0.3, -0.25) is 9.59 Å². The fourth-order valence-electron chi connectivity index (χ4n) is 3.60. The molecular weight excluding hydrogens is 320 g/mol. The van der Waals surface area contributed by atoms with Crippen LogP contribution in [0.4, 0.5) is 0 Å². The van der Waals surface area contributed by atoms with Crippen molar-refractivity contribution < 1.29 is 23.1 Å². The van der Waals surface area contributed by atoms with E-state index in [0.29, 0.717) is 13.0 Å². The first-order chi connectivity index (χ1) is 10.7. The van der Waals surface area contributed by atoms with Crippen LogP contribution < -0.4 is 0 Å². The molecule has 2 aliphatic heterocycles. The number of piperidine rings is 1. The first-order valence-corrected chi connectivity index (χ1v) is 9.81. The molecule has 0 aliphatic carbocycles. The summed E-state index contributed by atoms with van der Waals surface area (Å²) in [6.45, 7) is 4.31. The second-order valence-electron chi connectivity index (χ2n) is 6.71. The van der Waals surface area contributed by atoms with Crippen molar-refractivity contribution in [1.29, 1.82) is 0 Å². The lowest BCUT2D eigenvalue weighted by Gasteiger charge is -2.35. The third-order valence-electron chi connectivity index (χ3n) is 5.03. The van der Waals surface area contributed by atoms with Crippen molar-refractivity contribution >= 4 is 21.9 Å². The molecule has 2 saturated heterocycles. The lowest BCUT2D eigenvalue weighted by Crippen LogP contribution is -2.44. The first-order valence-electron chi connectivity index (χ1n) is 8.20. The predicted molar refractivity (Wildman–Crippen MR) is 85.3 cm³/mol. The Bertz CT molecular complexity index is 562. The number of carbonyl (C=O) groups is 2. The molecule has 0 bridgehead atoms. The molecule has 0 aromatic carbocycles.